The van der Waals surface area contributed by atoms with E-state index in [-0.39, 0.29) is 32.9 Å². The number of nitrogens with zero attached hydrogens (tertiary/aromatic N) is 2. The zero-order valence-corrected chi connectivity index (χ0v) is 21.9. The molecule has 1 atom stereocenters. The maximum absolute atomic E-state index is 14.3. The Morgan fingerprint density at radius 3 is 2.29 bits per heavy atom. The van der Waals surface area contributed by atoms with E-state index >= 15 is 0 Å². The highest BCUT2D eigenvalue weighted by atomic mass is 35.5. The van der Waals surface area contributed by atoms with Gasteiger partial charge in [-0.1, -0.05) is 59.9 Å². The molecule has 2 aromatic rings. The van der Waals surface area contributed by atoms with Gasteiger partial charge in [-0.05, 0) is 31.5 Å². The molecule has 2 rings (SSSR count). The second-order valence-electron chi connectivity index (χ2n) is 7.57. The number of benzene rings is 2. The van der Waals surface area contributed by atoms with Crippen LogP contribution >= 0.6 is 34.8 Å². The summed E-state index contributed by atoms with van der Waals surface area (Å²) in [5.74, 6) is -1.76. The lowest BCUT2D eigenvalue weighted by Crippen LogP contribution is -2.51. The Balaban J connectivity index is 2.46. The number of hydrogen-bond donors (Lipinski definition) is 1. The van der Waals surface area contributed by atoms with Gasteiger partial charge in [0.2, 0.25) is 21.8 Å². The molecule has 0 radical (unpaired) electrons. The third kappa shape index (κ3) is 7.21. The second-order valence-corrected chi connectivity index (χ2v) is 10.7. The van der Waals surface area contributed by atoms with Crippen LogP contribution in [0, 0.1) is 5.82 Å². The van der Waals surface area contributed by atoms with Crippen LogP contribution in [0.1, 0.15) is 25.8 Å². The number of amides is 2. The Hall–Kier alpha value is -2.07. The van der Waals surface area contributed by atoms with Crippen molar-refractivity contribution >= 4 is 62.3 Å². The highest BCUT2D eigenvalue weighted by Crippen LogP contribution is 2.35. The molecular formula is C22H25Cl3FN3O4S. The molecular weight excluding hydrogens is 528 g/mol. The molecule has 0 saturated carbocycles. The zero-order valence-electron chi connectivity index (χ0n) is 18.8. The summed E-state index contributed by atoms with van der Waals surface area (Å²) in [6.07, 6.45) is 1.58. The Labute approximate surface area is 213 Å². The molecule has 1 unspecified atom stereocenters. The fourth-order valence-electron chi connectivity index (χ4n) is 3.09. The summed E-state index contributed by atoms with van der Waals surface area (Å²) >= 11 is 18.2. The first-order valence-corrected chi connectivity index (χ1v) is 13.3. The molecule has 34 heavy (non-hydrogen) atoms. The van der Waals surface area contributed by atoms with Gasteiger partial charge in [0, 0.05) is 18.7 Å². The van der Waals surface area contributed by atoms with Crippen molar-refractivity contribution in [2.24, 2.45) is 0 Å². The average molecular weight is 553 g/mol. The largest absolute Gasteiger partial charge is 0.354 e. The molecule has 0 aliphatic rings. The van der Waals surface area contributed by atoms with Crippen LogP contribution in [-0.4, -0.2) is 50.5 Å². The molecule has 0 heterocycles. The summed E-state index contributed by atoms with van der Waals surface area (Å²) in [4.78, 5) is 27.1. The maximum atomic E-state index is 14.3. The van der Waals surface area contributed by atoms with Gasteiger partial charge in [0.05, 0.1) is 27.0 Å². The predicted octanol–water partition coefficient (Wildman–Crippen LogP) is 4.50. The van der Waals surface area contributed by atoms with Crippen molar-refractivity contribution < 1.29 is 22.4 Å². The highest BCUT2D eigenvalue weighted by molar-refractivity contribution is 7.92. The van der Waals surface area contributed by atoms with E-state index in [2.05, 4.69) is 5.32 Å². The Morgan fingerprint density at radius 1 is 1.09 bits per heavy atom. The van der Waals surface area contributed by atoms with Crippen molar-refractivity contribution in [3.05, 3.63) is 62.8 Å². The minimum absolute atomic E-state index is 0.0395. The number of sulfonamides is 1. The Kier molecular flexibility index (Phi) is 9.99. The molecule has 0 bridgehead atoms. The first-order chi connectivity index (χ1) is 15.9. The standard InChI is InChI=1S/C22H25Cl3FN3O4S/c1-4-9-27-22(31)14(2)28(12-15-7-5-6-8-19(15)26)21(30)13-29(34(3,32)33)20-11-17(24)16(23)10-18(20)25/h5-8,10-11,14H,4,9,12-13H2,1-3H3,(H,27,31). The van der Waals surface area contributed by atoms with Gasteiger partial charge in [0.25, 0.3) is 0 Å². The molecule has 7 nitrogen and oxygen atoms in total. The van der Waals surface area contributed by atoms with Crippen molar-refractivity contribution in [2.75, 3.05) is 23.7 Å². The van der Waals surface area contributed by atoms with E-state index in [4.69, 9.17) is 34.8 Å². The van der Waals surface area contributed by atoms with Crippen molar-refractivity contribution in [2.45, 2.75) is 32.9 Å². The lowest BCUT2D eigenvalue weighted by molar-refractivity contribution is -0.139. The molecule has 0 aromatic heterocycles. The Bertz CT molecular complexity index is 1160. The van der Waals surface area contributed by atoms with Gasteiger partial charge in [-0.3, -0.25) is 13.9 Å². The van der Waals surface area contributed by atoms with Crippen molar-refractivity contribution in [1.29, 1.82) is 0 Å². The molecule has 0 fully saturated rings. The first-order valence-electron chi connectivity index (χ1n) is 10.3. The molecule has 0 spiro atoms. The van der Waals surface area contributed by atoms with Crippen LogP contribution in [0.3, 0.4) is 0 Å². The number of rotatable bonds is 10. The first kappa shape index (κ1) is 28.2. The summed E-state index contributed by atoms with van der Waals surface area (Å²) in [6.45, 7) is 2.80. The third-order valence-corrected chi connectivity index (χ3v) is 7.10. The number of carbonyl (C=O) groups excluding carboxylic acids is 2. The van der Waals surface area contributed by atoms with Gasteiger partial charge < -0.3 is 10.2 Å². The van der Waals surface area contributed by atoms with E-state index < -0.39 is 40.2 Å². The molecule has 2 aromatic carbocycles. The van der Waals surface area contributed by atoms with Gasteiger partial charge in [0.15, 0.2) is 0 Å². The monoisotopic (exact) mass is 551 g/mol. The van der Waals surface area contributed by atoms with Crippen LogP contribution in [0.4, 0.5) is 10.1 Å². The molecule has 2 amide bonds. The minimum Gasteiger partial charge on any atom is -0.354 e. The Morgan fingerprint density at radius 2 is 1.71 bits per heavy atom. The van der Waals surface area contributed by atoms with Crippen molar-refractivity contribution in [3.8, 4) is 0 Å². The zero-order chi connectivity index (χ0) is 25.6. The maximum Gasteiger partial charge on any atom is 0.244 e. The quantitative estimate of drug-likeness (QED) is 0.440. The lowest BCUT2D eigenvalue weighted by Gasteiger charge is -2.31. The normalized spacial score (nSPS) is 12.2. The number of hydrogen-bond acceptors (Lipinski definition) is 4. The van der Waals surface area contributed by atoms with Crippen LogP contribution in [0.15, 0.2) is 36.4 Å². The summed E-state index contributed by atoms with van der Waals surface area (Å²) in [5, 5.41) is 2.80. The van der Waals surface area contributed by atoms with Crippen LogP contribution in [0.5, 0.6) is 0 Å². The van der Waals surface area contributed by atoms with E-state index in [1.54, 1.807) is 6.07 Å². The lowest BCUT2D eigenvalue weighted by atomic mass is 10.1. The smallest absolute Gasteiger partial charge is 0.244 e. The summed E-state index contributed by atoms with van der Waals surface area (Å²) in [6, 6.07) is 7.31. The van der Waals surface area contributed by atoms with Crippen molar-refractivity contribution in [1.82, 2.24) is 10.2 Å². The number of carbonyl (C=O) groups is 2. The van der Waals surface area contributed by atoms with E-state index in [0.717, 1.165) is 15.5 Å². The fourth-order valence-corrected chi connectivity index (χ4v) is 4.63. The molecule has 186 valence electrons. The van der Waals surface area contributed by atoms with Gasteiger partial charge in [-0.25, -0.2) is 12.8 Å². The van der Waals surface area contributed by atoms with Crippen molar-refractivity contribution in [3.63, 3.8) is 0 Å². The van der Waals surface area contributed by atoms with Crippen LogP contribution < -0.4 is 9.62 Å². The number of anilines is 1. The van der Waals surface area contributed by atoms with E-state index in [9.17, 15) is 22.4 Å². The highest BCUT2D eigenvalue weighted by Gasteiger charge is 2.31. The summed E-state index contributed by atoms with van der Waals surface area (Å²) in [5.41, 5.74) is 0.116. The SMILES string of the molecule is CCCNC(=O)C(C)N(Cc1ccccc1F)C(=O)CN(c1cc(Cl)c(Cl)cc1Cl)S(C)(=O)=O. The summed E-state index contributed by atoms with van der Waals surface area (Å²) in [7, 11) is -4.01. The van der Waals surface area contributed by atoms with Crippen LogP contribution in [0.2, 0.25) is 15.1 Å². The van der Waals surface area contributed by atoms with Gasteiger partial charge in [-0.15, -0.1) is 0 Å². The number of nitrogens with one attached hydrogen (secondary N) is 1. The van der Waals surface area contributed by atoms with Gasteiger partial charge >= 0.3 is 0 Å². The number of halogens is 4. The van der Waals surface area contributed by atoms with E-state index in [1.165, 1.54) is 37.3 Å². The fraction of sp³-hybridized carbons (Fsp3) is 0.364. The van der Waals surface area contributed by atoms with E-state index in [0.29, 0.717) is 13.0 Å². The average Bonchev–Trinajstić information content (AvgIpc) is 2.76. The molecule has 1 N–H and O–H groups in total. The predicted molar refractivity (Wildman–Crippen MR) is 133 cm³/mol. The molecule has 0 aliphatic carbocycles. The molecule has 12 heteroatoms. The van der Waals surface area contributed by atoms with Crippen LogP contribution in [-0.2, 0) is 26.2 Å². The van der Waals surface area contributed by atoms with E-state index in [1.807, 2.05) is 6.92 Å². The summed E-state index contributed by atoms with van der Waals surface area (Å²) < 4.78 is 40.3. The van der Waals surface area contributed by atoms with Gasteiger partial charge in [-0.2, -0.15) is 0 Å². The topological polar surface area (TPSA) is 86.8 Å². The van der Waals surface area contributed by atoms with Gasteiger partial charge in [0.1, 0.15) is 18.4 Å². The third-order valence-electron chi connectivity index (χ3n) is 4.95. The molecule has 0 aliphatic heterocycles. The minimum atomic E-state index is -4.01. The van der Waals surface area contributed by atoms with Crippen LogP contribution in [0.25, 0.3) is 0 Å². The second kappa shape index (κ2) is 12.1. The molecule has 0 saturated heterocycles.